The van der Waals surface area contributed by atoms with E-state index in [1.54, 1.807) is 0 Å². The zero-order valence-electron chi connectivity index (χ0n) is 11.3. The largest absolute Gasteiger partial charge is 0.380 e. The predicted molar refractivity (Wildman–Crippen MR) is 71.3 cm³/mol. The molecule has 96 valence electrons. The summed E-state index contributed by atoms with van der Waals surface area (Å²) in [4.78, 5) is 2.43. The number of rotatable bonds is 3. The molecule has 0 aliphatic carbocycles. The average Bonchev–Trinajstić information content (AvgIpc) is 2.72. The molecular weight excluding hydrogens is 212 g/mol. The highest BCUT2D eigenvalue weighted by Crippen LogP contribution is 2.20. The van der Waals surface area contributed by atoms with E-state index in [-0.39, 0.29) is 0 Å². The molecular formula is C13H24N4. The van der Waals surface area contributed by atoms with Crippen LogP contribution in [0.2, 0.25) is 0 Å². The van der Waals surface area contributed by atoms with E-state index in [1.807, 2.05) is 10.9 Å². The first kappa shape index (κ1) is 12.4. The van der Waals surface area contributed by atoms with Crippen LogP contribution in [0.5, 0.6) is 0 Å². The number of likely N-dealkylation sites (tertiary alicyclic amines) is 1. The minimum Gasteiger partial charge on any atom is -0.380 e. The van der Waals surface area contributed by atoms with Crippen LogP contribution in [-0.4, -0.2) is 40.4 Å². The summed E-state index contributed by atoms with van der Waals surface area (Å²) in [6.07, 6.45) is 6.47. The molecule has 4 nitrogen and oxygen atoms in total. The molecule has 2 unspecified atom stereocenters. The molecule has 1 aliphatic rings. The Labute approximate surface area is 104 Å². The van der Waals surface area contributed by atoms with E-state index in [0.717, 1.165) is 5.69 Å². The molecule has 2 heterocycles. The molecule has 0 amide bonds. The Bertz CT molecular complexity index is 358. The number of nitrogens with one attached hydrogen (secondary N) is 1. The molecule has 1 aromatic rings. The highest BCUT2D eigenvalue weighted by atomic mass is 15.3. The predicted octanol–water partition coefficient (Wildman–Crippen LogP) is 2.36. The standard InChI is InChI=1S/C13H24N4/c1-10(2)17-9-13(8-14-17)15-12-5-6-16(4)11(3)7-12/h8-12,15H,5-7H2,1-4H3. The summed E-state index contributed by atoms with van der Waals surface area (Å²) in [6, 6.07) is 1.69. The van der Waals surface area contributed by atoms with E-state index in [4.69, 9.17) is 0 Å². The van der Waals surface area contributed by atoms with E-state index in [1.165, 1.54) is 19.4 Å². The van der Waals surface area contributed by atoms with Gasteiger partial charge in [0.1, 0.15) is 0 Å². The van der Waals surface area contributed by atoms with Gasteiger partial charge in [-0.15, -0.1) is 0 Å². The molecule has 1 fully saturated rings. The topological polar surface area (TPSA) is 33.1 Å². The average molecular weight is 236 g/mol. The molecule has 0 spiro atoms. The first-order valence-corrected chi connectivity index (χ1v) is 6.57. The van der Waals surface area contributed by atoms with E-state index < -0.39 is 0 Å². The molecule has 0 aromatic carbocycles. The Morgan fingerprint density at radius 2 is 2.24 bits per heavy atom. The molecule has 2 atom stereocenters. The monoisotopic (exact) mass is 236 g/mol. The second kappa shape index (κ2) is 5.08. The van der Waals surface area contributed by atoms with Crippen molar-refractivity contribution in [2.24, 2.45) is 0 Å². The Morgan fingerprint density at radius 1 is 1.47 bits per heavy atom. The van der Waals surface area contributed by atoms with Gasteiger partial charge >= 0.3 is 0 Å². The maximum absolute atomic E-state index is 4.36. The lowest BCUT2D eigenvalue weighted by Gasteiger charge is -2.35. The molecule has 0 saturated carbocycles. The van der Waals surface area contributed by atoms with Crippen molar-refractivity contribution in [1.29, 1.82) is 0 Å². The van der Waals surface area contributed by atoms with Crippen LogP contribution in [-0.2, 0) is 0 Å². The van der Waals surface area contributed by atoms with Crippen LogP contribution in [0.1, 0.15) is 39.7 Å². The number of anilines is 1. The van der Waals surface area contributed by atoms with Gasteiger partial charge in [-0.2, -0.15) is 5.10 Å². The summed E-state index contributed by atoms with van der Waals surface area (Å²) in [5, 5.41) is 7.96. The summed E-state index contributed by atoms with van der Waals surface area (Å²) in [6.45, 7) is 7.77. The van der Waals surface area contributed by atoms with Gasteiger partial charge in [0.25, 0.3) is 0 Å². The van der Waals surface area contributed by atoms with Gasteiger partial charge in [0.05, 0.1) is 11.9 Å². The number of piperidine rings is 1. The summed E-state index contributed by atoms with van der Waals surface area (Å²) in [5.41, 5.74) is 1.15. The van der Waals surface area contributed by atoms with Crippen LogP contribution >= 0.6 is 0 Å². The van der Waals surface area contributed by atoms with Crippen LogP contribution in [0.25, 0.3) is 0 Å². The van der Waals surface area contributed by atoms with Gasteiger partial charge in [-0.1, -0.05) is 0 Å². The highest BCUT2D eigenvalue weighted by Gasteiger charge is 2.22. The van der Waals surface area contributed by atoms with Crippen molar-refractivity contribution >= 4 is 5.69 Å². The van der Waals surface area contributed by atoms with Gasteiger partial charge in [-0.3, -0.25) is 4.68 Å². The van der Waals surface area contributed by atoms with Gasteiger partial charge in [0.2, 0.25) is 0 Å². The van der Waals surface area contributed by atoms with Crippen molar-refractivity contribution < 1.29 is 0 Å². The molecule has 17 heavy (non-hydrogen) atoms. The highest BCUT2D eigenvalue weighted by molar-refractivity contribution is 5.39. The molecule has 2 rings (SSSR count). The summed E-state index contributed by atoms with van der Waals surface area (Å²) in [7, 11) is 2.21. The second-order valence-electron chi connectivity index (χ2n) is 5.50. The maximum atomic E-state index is 4.36. The Hall–Kier alpha value is -1.03. The first-order chi connectivity index (χ1) is 8.06. The number of nitrogens with zero attached hydrogens (tertiary/aromatic N) is 3. The second-order valence-corrected chi connectivity index (χ2v) is 5.50. The lowest BCUT2D eigenvalue weighted by molar-refractivity contribution is 0.190. The van der Waals surface area contributed by atoms with Crippen molar-refractivity contribution in [2.45, 2.75) is 51.7 Å². The van der Waals surface area contributed by atoms with Gasteiger partial charge in [0.15, 0.2) is 0 Å². The summed E-state index contributed by atoms with van der Waals surface area (Å²) < 4.78 is 2.00. The fourth-order valence-corrected chi connectivity index (χ4v) is 2.35. The van der Waals surface area contributed by atoms with E-state index in [2.05, 4.69) is 49.3 Å². The van der Waals surface area contributed by atoms with E-state index in [9.17, 15) is 0 Å². The smallest absolute Gasteiger partial charge is 0.0728 e. The maximum Gasteiger partial charge on any atom is 0.0728 e. The number of hydrogen-bond donors (Lipinski definition) is 1. The van der Waals surface area contributed by atoms with Crippen LogP contribution in [0.3, 0.4) is 0 Å². The Balaban J connectivity index is 1.92. The van der Waals surface area contributed by atoms with Crippen LogP contribution in [0, 0.1) is 0 Å². The molecule has 1 aliphatic heterocycles. The fourth-order valence-electron chi connectivity index (χ4n) is 2.35. The molecule has 0 radical (unpaired) electrons. The third-order valence-corrected chi connectivity index (χ3v) is 3.71. The fraction of sp³-hybridized carbons (Fsp3) is 0.769. The van der Waals surface area contributed by atoms with Crippen LogP contribution in [0.15, 0.2) is 12.4 Å². The SMILES string of the molecule is CC1CC(Nc2cnn(C(C)C)c2)CCN1C. The Morgan fingerprint density at radius 3 is 2.82 bits per heavy atom. The molecule has 1 aromatic heterocycles. The van der Waals surface area contributed by atoms with Crippen molar-refractivity contribution in [3.63, 3.8) is 0 Å². The third kappa shape index (κ3) is 3.00. The normalized spacial score (nSPS) is 26.4. The van der Waals surface area contributed by atoms with Gasteiger partial charge < -0.3 is 10.2 Å². The summed E-state index contributed by atoms with van der Waals surface area (Å²) in [5.74, 6) is 0. The van der Waals surface area contributed by atoms with Crippen LogP contribution < -0.4 is 5.32 Å². The van der Waals surface area contributed by atoms with Crippen LogP contribution in [0.4, 0.5) is 5.69 Å². The zero-order chi connectivity index (χ0) is 12.4. The van der Waals surface area contributed by atoms with Gasteiger partial charge in [-0.05, 0) is 40.7 Å². The Kier molecular flexibility index (Phi) is 3.72. The van der Waals surface area contributed by atoms with Crippen molar-refractivity contribution in [3.8, 4) is 0 Å². The van der Waals surface area contributed by atoms with E-state index >= 15 is 0 Å². The summed E-state index contributed by atoms with van der Waals surface area (Å²) >= 11 is 0. The zero-order valence-corrected chi connectivity index (χ0v) is 11.3. The first-order valence-electron chi connectivity index (χ1n) is 6.57. The minimum absolute atomic E-state index is 0.432. The van der Waals surface area contributed by atoms with Gasteiger partial charge in [0, 0.05) is 30.9 Å². The lowest BCUT2D eigenvalue weighted by atomic mass is 9.99. The molecule has 1 N–H and O–H groups in total. The number of hydrogen-bond acceptors (Lipinski definition) is 3. The minimum atomic E-state index is 0.432. The number of aromatic nitrogens is 2. The van der Waals surface area contributed by atoms with Gasteiger partial charge in [-0.25, -0.2) is 0 Å². The molecule has 1 saturated heterocycles. The van der Waals surface area contributed by atoms with E-state index in [0.29, 0.717) is 18.1 Å². The van der Waals surface area contributed by atoms with Crippen molar-refractivity contribution in [2.75, 3.05) is 18.9 Å². The van der Waals surface area contributed by atoms with Crippen molar-refractivity contribution in [3.05, 3.63) is 12.4 Å². The quantitative estimate of drug-likeness (QED) is 0.874. The molecule has 0 bridgehead atoms. The molecule has 4 heteroatoms. The third-order valence-electron chi connectivity index (χ3n) is 3.71. The lowest BCUT2D eigenvalue weighted by Crippen LogP contribution is -2.42. The van der Waals surface area contributed by atoms with Crippen molar-refractivity contribution in [1.82, 2.24) is 14.7 Å².